The molecule has 0 aromatic heterocycles. The third kappa shape index (κ3) is 5.10. The number of hydrogen-bond acceptors (Lipinski definition) is 4. The van der Waals surface area contributed by atoms with E-state index in [0.717, 1.165) is 76.0 Å². The lowest BCUT2D eigenvalue weighted by Crippen LogP contribution is -2.45. The largest absolute Gasteiger partial charge is 0.493 e. The SMILES string of the molecule is O=C(c1ccc(OC[C@H]2CCCN(C(=O)[C@H]3CCCO3)C2)cc1)N1CCCCC1. The van der Waals surface area contributed by atoms with E-state index in [0.29, 0.717) is 19.1 Å². The Morgan fingerprint density at radius 1 is 0.931 bits per heavy atom. The zero-order valence-corrected chi connectivity index (χ0v) is 17.2. The van der Waals surface area contributed by atoms with E-state index in [2.05, 4.69) is 0 Å². The molecular formula is C23H32N2O4. The first kappa shape index (κ1) is 20.2. The van der Waals surface area contributed by atoms with Crippen molar-refractivity contribution >= 4 is 11.8 Å². The molecule has 0 aliphatic carbocycles. The van der Waals surface area contributed by atoms with Gasteiger partial charge in [0.15, 0.2) is 0 Å². The quantitative estimate of drug-likeness (QED) is 0.762. The average molecular weight is 401 g/mol. The summed E-state index contributed by atoms with van der Waals surface area (Å²) in [7, 11) is 0. The summed E-state index contributed by atoms with van der Waals surface area (Å²) in [6, 6.07) is 7.49. The maximum atomic E-state index is 12.6. The highest BCUT2D eigenvalue weighted by Crippen LogP contribution is 2.23. The Morgan fingerprint density at radius 3 is 2.41 bits per heavy atom. The summed E-state index contributed by atoms with van der Waals surface area (Å²) in [6.45, 7) is 4.58. The number of hydrogen-bond donors (Lipinski definition) is 0. The molecule has 0 saturated carbocycles. The highest BCUT2D eigenvalue weighted by atomic mass is 16.5. The minimum absolute atomic E-state index is 0.117. The van der Waals surface area contributed by atoms with Crippen LogP contribution in [-0.4, -0.2) is 67.1 Å². The van der Waals surface area contributed by atoms with E-state index in [-0.39, 0.29) is 17.9 Å². The molecule has 3 aliphatic rings. The molecule has 3 heterocycles. The van der Waals surface area contributed by atoms with Gasteiger partial charge in [0, 0.05) is 44.3 Å². The normalized spacial score (nSPS) is 25.1. The summed E-state index contributed by atoms with van der Waals surface area (Å²) in [4.78, 5) is 29.0. The summed E-state index contributed by atoms with van der Waals surface area (Å²) in [6.07, 6.45) is 7.08. The molecule has 29 heavy (non-hydrogen) atoms. The molecule has 0 N–H and O–H groups in total. The molecule has 1 aromatic carbocycles. The van der Waals surface area contributed by atoms with Gasteiger partial charge in [0.25, 0.3) is 11.8 Å². The van der Waals surface area contributed by atoms with Crippen LogP contribution in [0.5, 0.6) is 5.75 Å². The van der Waals surface area contributed by atoms with Gasteiger partial charge in [0.1, 0.15) is 11.9 Å². The zero-order valence-electron chi connectivity index (χ0n) is 17.2. The molecule has 3 aliphatic heterocycles. The van der Waals surface area contributed by atoms with Gasteiger partial charge in [-0.25, -0.2) is 0 Å². The van der Waals surface area contributed by atoms with Crippen LogP contribution in [0, 0.1) is 5.92 Å². The van der Waals surface area contributed by atoms with Crippen LogP contribution in [0.1, 0.15) is 55.3 Å². The van der Waals surface area contributed by atoms with Crippen molar-refractivity contribution in [3.05, 3.63) is 29.8 Å². The molecule has 6 nitrogen and oxygen atoms in total. The Hall–Kier alpha value is -2.08. The molecule has 3 fully saturated rings. The van der Waals surface area contributed by atoms with Gasteiger partial charge in [-0.3, -0.25) is 9.59 Å². The number of nitrogens with zero attached hydrogens (tertiary/aromatic N) is 2. The first-order chi connectivity index (χ1) is 14.2. The van der Waals surface area contributed by atoms with Crippen LogP contribution in [0.3, 0.4) is 0 Å². The van der Waals surface area contributed by atoms with Crippen molar-refractivity contribution in [2.24, 2.45) is 5.92 Å². The molecular weight excluding hydrogens is 368 g/mol. The van der Waals surface area contributed by atoms with Crippen LogP contribution in [-0.2, 0) is 9.53 Å². The van der Waals surface area contributed by atoms with Crippen molar-refractivity contribution in [3.8, 4) is 5.75 Å². The summed E-state index contributed by atoms with van der Waals surface area (Å²) in [5.41, 5.74) is 0.727. The number of rotatable bonds is 5. The van der Waals surface area contributed by atoms with E-state index < -0.39 is 0 Å². The van der Waals surface area contributed by atoms with Crippen LogP contribution in [0.25, 0.3) is 0 Å². The standard InChI is InChI=1S/C23H32N2O4/c26-22(24-12-2-1-3-13-24)19-8-10-20(11-9-19)29-17-18-6-4-14-25(16-18)23(27)21-7-5-15-28-21/h8-11,18,21H,1-7,12-17H2/t18-,21+/m0/s1. The fraction of sp³-hybridized carbons (Fsp3) is 0.652. The van der Waals surface area contributed by atoms with Gasteiger partial charge in [-0.2, -0.15) is 0 Å². The fourth-order valence-electron chi connectivity index (χ4n) is 4.56. The molecule has 0 spiro atoms. The van der Waals surface area contributed by atoms with E-state index in [9.17, 15) is 9.59 Å². The van der Waals surface area contributed by atoms with Crippen LogP contribution in [0.2, 0.25) is 0 Å². The first-order valence-electron chi connectivity index (χ1n) is 11.1. The van der Waals surface area contributed by atoms with E-state index in [1.807, 2.05) is 34.1 Å². The van der Waals surface area contributed by atoms with Crippen molar-refractivity contribution in [1.29, 1.82) is 0 Å². The van der Waals surface area contributed by atoms with Gasteiger partial charge in [-0.15, -0.1) is 0 Å². The lowest BCUT2D eigenvalue weighted by molar-refractivity contribution is -0.143. The number of carbonyl (C=O) groups is 2. The van der Waals surface area contributed by atoms with Crippen molar-refractivity contribution < 1.29 is 19.1 Å². The third-order valence-electron chi connectivity index (χ3n) is 6.27. The zero-order chi connectivity index (χ0) is 20.1. The average Bonchev–Trinajstić information content (AvgIpc) is 3.33. The Bertz CT molecular complexity index is 693. The van der Waals surface area contributed by atoms with Crippen LogP contribution in [0.4, 0.5) is 0 Å². The fourth-order valence-corrected chi connectivity index (χ4v) is 4.56. The van der Waals surface area contributed by atoms with Gasteiger partial charge in [0.05, 0.1) is 6.61 Å². The highest BCUT2D eigenvalue weighted by molar-refractivity contribution is 5.94. The molecule has 0 bridgehead atoms. The number of benzene rings is 1. The number of piperidine rings is 2. The van der Waals surface area contributed by atoms with Crippen molar-refractivity contribution in [3.63, 3.8) is 0 Å². The van der Waals surface area contributed by atoms with E-state index >= 15 is 0 Å². The number of likely N-dealkylation sites (tertiary alicyclic amines) is 2. The topological polar surface area (TPSA) is 59.1 Å². The van der Waals surface area contributed by atoms with Gasteiger partial charge < -0.3 is 19.3 Å². The minimum Gasteiger partial charge on any atom is -0.493 e. The molecule has 6 heteroatoms. The molecule has 4 rings (SSSR count). The number of ether oxygens (including phenoxy) is 2. The second-order valence-electron chi connectivity index (χ2n) is 8.48. The van der Waals surface area contributed by atoms with Gasteiger partial charge in [-0.1, -0.05) is 0 Å². The van der Waals surface area contributed by atoms with Crippen molar-refractivity contribution in [1.82, 2.24) is 9.80 Å². The third-order valence-corrected chi connectivity index (χ3v) is 6.27. The van der Waals surface area contributed by atoms with Crippen molar-refractivity contribution in [2.45, 2.75) is 51.0 Å². The summed E-state index contributed by atoms with van der Waals surface area (Å²) in [5.74, 6) is 1.38. The summed E-state index contributed by atoms with van der Waals surface area (Å²) >= 11 is 0. The summed E-state index contributed by atoms with van der Waals surface area (Å²) in [5, 5.41) is 0. The minimum atomic E-state index is -0.236. The molecule has 2 amide bonds. The van der Waals surface area contributed by atoms with Gasteiger partial charge in [0.2, 0.25) is 0 Å². The maximum absolute atomic E-state index is 12.6. The lowest BCUT2D eigenvalue weighted by Gasteiger charge is -2.34. The lowest BCUT2D eigenvalue weighted by atomic mass is 9.98. The Labute approximate surface area is 173 Å². The highest BCUT2D eigenvalue weighted by Gasteiger charge is 2.31. The molecule has 3 saturated heterocycles. The summed E-state index contributed by atoms with van der Waals surface area (Å²) < 4.78 is 11.5. The van der Waals surface area contributed by atoms with Crippen LogP contribution < -0.4 is 4.74 Å². The maximum Gasteiger partial charge on any atom is 0.253 e. The second kappa shape index (κ2) is 9.61. The predicted molar refractivity (Wildman–Crippen MR) is 110 cm³/mol. The Kier molecular flexibility index (Phi) is 6.70. The Balaban J connectivity index is 1.26. The van der Waals surface area contributed by atoms with Crippen LogP contribution in [0.15, 0.2) is 24.3 Å². The smallest absolute Gasteiger partial charge is 0.253 e. The molecule has 0 radical (unpaired) electrons. The van der Waals surface area contributed by atoms with E-state index in [4.69, 9.17) is 9.47 Å². The Morgan fingerprint density at radius 2 is 1.69 bits per heavy atom. The van der Waals surface area contributed by atoms with Gasteiger partial charge in [-0.05, 0) is 69.2 Å². The van der Waals surface area contributed by atoms with Crippen LogP contribution >= 0.6 is 0 Å². The molecule has 158 valence electrons. The first-order valence-corrected chi connectivity index (χ1v) is 11.1. The van der Waals surface area contributed by atoms with E-state index in [1.165, 1.54) is 6.42 Å². The molecule has 1 aromatic rings. The number of amides is 2. The molecule has 2 atom stereocenters. The predicted octanol–water partition coefficient (Wildman–Crippen LogP) is 3.11. The number of carbonyl (C=O) groups excluding carboxylic acids is 2. The van der Waals surface area contributed by atoms with Crippen molar-refractivity contribution in [2.75, 3.05) is 39.4 Å². The monoisotopic (exact) mass is 400 g/mol. The second-order valence-corrected chi connectivity index (χ2v) is 8.48. The van der Waals surface area contributed by atoms with E-state index in [1.54, 1.807) is 0 Å². The van der Waals surface area contributed by atoms with Gasteiger partial charge >= 0.3 is 0 Å². The molecule has 0 unspecified atom stereocenters.